The van der Waals surface area contributed by atoms with Gasteiger partial charge in [-0.1, -0.05) is 42.5 Å². The van der Waals surface area contributed by atoms with Crippen LogP contribution in [0.2, 0.25) is 0 Å². The van der Waals surface area contributed by atoms with Crippen LogP contribution in [0.1, 0.15) is 52.1 Å². The number of carboxylic acid groups (broad SMARTS) is 1. The normalized spacial score (nSPS) is 16.1. The van der Waals surface area contributed by atoms with Gasteiger partial charge in [0.1, 0.15) is 22.9 Å². The molecule has 1 fully saturated rings. The molecule has 2 amide bonds. The molecule has 0 unspecified atom stereocenters. The van der Waals surface area contributed by atoms with Crippen molar-refractivity contribution in [3.8, 4) is 17.2 Å². The molecule has 1 saturated carbocycles. The molecule has 6 rings (SSSR count). The summed E-state index contributed by atoms with van der Waals surface area (Å²) in [5.74, 6) is 0.554. The predicted molar refractivity (Wildman–Crippen MR) is 171 cm³/mol. The van der Waals surface area contributed by atoms with Gasteiger partial charge in [-0.25, -0.2) is 4.79 Å². The molecule has 1 aromatic heterocycles. The third-order valence-electron chi connectivity index (χ3n) is 7.87. The fourth-order valence-corrected chi connectivity index (χ4v) is 5.53. The van der Waals surface area contributed by atoms with Crippen molar-refractivity contribution < 1.29 is 29.0 Å². The summed E-state index contributed by atoms with van der Waals surface area (Å²) in [5.41, 5.74) is 2.61. The monoisotopic (exact) mass is 603 g/mol. The fraction of sp³-hybridized carbons (Fsp3) is 0.194. The van der Waals surface area contributed by atoms with Crippen LogP contribution in [0.4, 0.5) is 5.69 Å². The van der Waals surface area contributed by atoms with Crippen molar-refractivity contribution >= 4 is 34.4 Å². The van der Waals surface area contributed by atoms with Crippen molar-refractivity contribution in [1.82, 2.24) is 10.3 Å². The summed E-state index contributed by atoms with van der Waals surface area (Å²) < 4.78 is 12.2. The van der Waals surface area contributed by atoms with Gasteiger partial charge >= 0.3 is 5.97 Å². The number of para-hydroxylation sites is 2. The molecule has 9 nitrogen and oxygen atoms in total. The molecule has 0 radical (unpaired) electrons. The van der Waals surface area contributed by atoms with Gasteiger partial charge < -0.3 is 30.2 Å². The first-order valence-corrected chi connectivity index (χ1v) is 14.9. The molecule has 0 atom stereocenters. The molecule has 4 aromatic carbocycles. The second kappa shape index (κ2) is 13.4. The Balaban J connectivity index is 0.942. The third-order valence-corrected chi connectivity index (χ3v) is 7.87. The number of carbonyl (C=O) groups is 3. The molecular formula is C36H33N3O6. The summed E-state index contributed by atoms with van der Waals surface area (Å²) in [4.78, 5) is 39.8. The molecule has 1 aliphatic carbocycles. The zero-order valence-electron chi connectivity index (χ0n) is 24.5. The smallest absolute Gasteiger partial charge is 0.337 e. The van der Waals surface area contributed by atoms with Gasteiger partial charge in [-0.15, -0.1) is 0 Å². The molecule has 45 heavy (non-hydrogen) atoms. The summed E-state index contributed by atoms with van der Waals surface area (Å²) >= 11 is 0. The van der Waals surface area contributed by atoms with Crippen LogP contribution in [0, 0.1) is 0 Å². The van der Waals surface area contributed by atoms with E-state index in [2.05, 4.69) is 15.6 Å². The maximum atomic E-state index is 12.7. The Morgan fingerprint density at radius 3 is 2.13 bits per heavy atom. The Labute approximate surface area is 260 Å². The molecule has 0 spiro atoms. The number of ether oxygens (including phenoxy) is 2. The van der Waals surface area contributed by atoms with Gasteiger partial charge in [0.05, 0.1) is 23.8 Å². The minimum Gasteiger partial charge on any atom is -0.490 e. The average Bonchev–Trinajstić information content (AvgIpc) is 3.49. The zero-order valence-corrected chi connectivity index (χ0v) is 24.5. The Hall–Kier alpha value is -5.57. The number of benzene rings is 4. The van der Waals surface area contributed by atoms with Crippen LogP contribution in [0.5, 0.6) is 17.2 Å². The zero-order chi connectivity index (χ0) is 31.2. The van der Waals surface area contributed by atoms with Crippen molar-refractivity contribution in [2.75, 3.05) is 5.32 Å². The third kappa shape index (κ3) is 7.51. The number of rotatable bonds is 10. The predicted octanol–water partition coefficient (Wildman–Crippen LogP) is 6.96. The van der Waals surface area contributed by atoms with Gasteiger partial charge in [-0.05, 0) is 91.9 Å². The molecular weight excluding hydrogens is 570 g/mol. The highest BCUT2D eigenvalue weighted by atomic mass is 16.5. The van der Waals surface area contributed by atoms with Gasteiger partial charge in [0.2, 0.25) is 5.91 Å². The van der Waals surface area contributed by atoms with Crippen LogP contribution in [-0.2, 0) is 11.2 Å². The number of nitrogens with one attached hydrogen (secondary N) is 3. The second-order valence-corrected chi connectivity index (χ2v) is 11.1. The van der Waals surface area contributed by atoms with Crippen LogP contribution in [0.25, 0.3) is 10.9 Å². The fourth-order valence-electron chi connectivity index (χ4n) is 5.53. The number of fused-ring (bicyclic) bond motifs is 1. The van der Waals surface area contributed by atoms with E-state index < -0.39 is 5.97 Å². The molecule has 0 bridgehead atoms. The van der Waals surface area contributed by atoms with Crippen LogP contribution in [0.3, 0.4) is 0 Å². The van der Waals surface area contributed by atoms with Crippen LogP contribution >= 0.6 is 0 Å². The van der Waals surface area contributed by atoms with Crippen molar-refractivity contribution in [1.29, 1.82) is 0 Å². The highest BCUT2D eigenvalue weighted by Crippen LogP contribution is 2.28. The number of hydrogen-bond acceptors (Lipinski definition) is 5. The minimum atomic E-state index is -1.10. The number of aromatic amines is 1. The van der Waals surface area contributed by atoms with Gasteiger partial charge in [0.25, 0.3) is 5.91 Å². The number of anilines is 1. The standard InChI is InChI=1S/C36H33N3O6/c40-34(39-32-8-4-2-6-30(32)36(42)43)21-23-9-13-26(14-10-23)44-28-17-19-29(20-18-28)45-27-15-11-25(12-16-27)37-35(41)33-22-24-5-1-3-7-31(24)38-33/h1-10,13-14,17-20,22,25,27,38H,11-12,15-16,21H2,(H,37,41)(H,39,40)(H,42,43). The summed E-state index contributed by atoms with van der Waals surface area (Å²) in [6, 6.07) is 30.8. The van der Waals surface area contributed by atoms with Gasteiger partial charge in [-0.3, -0.25) is 9.59 Å². The molecule has 5 aromatic rings. The summed E-state index contributed by atoms with van der Waals surface area (Å²) in [5, 5.41) is 16.2. The lowest BCUT2D eigenvalue weighted by Crippen LogP contribution is -2.39. The van der Waals surface area contributed by atoms with E-state index in [4.69, 9.17) is 9.47 Å². The Kier molecular flexibility index (Phi) is 8.77. The largest absolute Gasteiger partial charge is 0.490 e. The number of hydrogen-bond donors (Lipinski definition) is 4. The van der Waals surface area contributed by atoms with E-state index in [1.54, 1.807) is 42.5 Å². The maximum Gasteiger partial charge on any atom is 0.337 e. The molecule has 228 valence electrons. The van der Waals surface area contributed by atoms with Crippen LogP contribution in [0.15, 0.2) is 103 Å². The number of aromatic carboxylic acids is 1. The first kappa shape index (κ1) is 29.5. The number of amides is 2. The van der Waals surface area contributed by atoms with E-state index >= 15 is 0 Å². The number of aromatic nitrogens is 1. The molecule has 0 aliphatic heterocycles. The second-order valence-electron chi connectivity index (χ2n) is 11.1. The lowest BCUT2D eigenvalue weighted by molar-refractivity contribution is -0.115. The van der Waals surface area contributed by atoms with E-state index in [1.165, 1.54) is 6.07 Å². The summed E-state index contributed by atoms with van der Waals surface area (Å²) in [6.07, 6.45) is 3.59. The van der Waals surface area contributed by atoms with Gasteiger partial charge in [-0.2, -0.15) is 0 Å². The van der Waals surface area contributed by atoms with E-state index in [9.17, 15) is 19.5 Å². The number of carboxylic acids is 1. The van der Waals surface area contributed by atoms with Crippen molar-refractivity contribution in [2.24, 2.45) is 0 Å². The van der Waals surface area contributed by atoms with E-state index in [1.807, 2.05) is 54.6 Å². The first-order valence-electron chi connectivity index (χ1n) is 14.9. The molecule has 0 saturated heterocycles. The SMILES string of the molecule is O=C(Cc1ccc(Oc2ccc(OC3CCC(NC(=O)c4cc5ccccc5[nH]4)CC3)cc2)cc1)Nc1ccccc1C(=O)O. The minimum absolute atomic E-state index is 0.0431. The van der Waals surface area contributed by atoms with E-state index in [0.29, 0.717) is 17.2 Å². The summed E-state index contributed by atoms with van der Waals surface area (Å²) in [6.45, 7) is 0. The van der Waals surface area contributed by atoms with Crippen molar-refractivity contribution in [3.05, 3.63) is 120 Å². The van der Waals surface area contributed by atoms with Crippen molar-refractivity contribution in [2.45, 2.75) is 44.2 Å². The van der Waals surface area contributed by atoms with Gasteiger partial charge in [0, 0.05) is 16.9 Å². The molecule has 9 heteroatoms. The van der Waals surface area contributed by atoms with Crippen LogP contribution in [-0.4, -0.2) is 40.0 Å². The number of carbonyl (C=O) groups excluding carboxylic acids is 2. The van der Waals surface area contributed by atoms with E-state index in [0.717, 1.165) is 47.9 Å². The highest BCUT2D eigenvalue weighted by molar-refractivity contribution is 6.01. The Morgan fingerprint density at radius 2 is 1.42 bits per heavy atom. The molecule has 4 N–H and O–H groups in total. The molecule has 1 aliphatic rings. The van der Waals surface area contributed by atoms with E-state index in [-0.39, 0.29) is 41.6 Å². The lowest BCUT2D eigenvalue weighted by atomic mass is 9.93. The summed E-state index contributed by atoms with van der Waals surface area (Å²) in [7, 11) is 0. The Bertz CT molecular complexity index is 1770. The Morgan fingerprint density at radius 1 is 0.778 bits per heavy atom. The topological polar surface area (TPSA) is 130 Å². The van der Waals surface area contributed by atoms with Crippen molar-refractivity contribution in [3.63, 3.8) is 0 Å². The highest BCUT2D eigenvalue weighted by Gasteiger charge is 2.24. The maximum absolute atomic E-state index is 12.7. The lowest BCUT2D eigenvalue weighted by Gasteiger charge is -2.29. The number of H-pyrrole nitrogens is 1. The molecule has 1 heterocycles. The van der Waals surface area contributed by atoms with Gasteiger partial charge in [0.15, 0.2) is 0 Å². The first-order chi connectivity index (χ1) is 21.9. The quantitative estimate of drug-likeness (QED) is 0.137. The van der Waals surface area contributed by atoms with Crippen LogP contribution < -0.4 is 20.1 Å². The average molecular weight is 604 g/mol.